The number of carbonyl (C=O) groups is 1. The number of halogens is 1. The lowest BCUT2D eigenvalue weighted by molar-refractivity contribution is -0.113. The van der Waals surface area contributed by atoms with Crippen LogP contribution >= 0.6 is 27.7 Å². The molecule has 1 aliphatic heterocycles. The molecule has 3 aromatic rings. The lowest BCUT2D eigenvalue weighted by atomic mass is 10.1. The maximum atomic E-state index is 13.8. The first-order chi connectivity index (χ1) is 17.0. The van der Waals surface area contributed by atoms with Crippen LogP contribution in [0.15, 0.2) is 75.0 Å². The smallest absolute Gasteiger partial charge is 0.271 e. The summed E-state index contributed by atoms with van der Waals surface area (Å²) in [6, 6.07) is 19.3. The van der Waals surface area contributed by atoms with Crippen LogP contribution in [0.4, 0.5) is 11.4 Å². The third-order valence-electron chi connectivity index (χ3n) is 5.66. The Labute approximate surface area is 218 Å². The molecule has 35 heavy (non-hydrogen) atoms. The first-order valence-electron chi connectivity index (χ1n) is 11.6. The van der Waals surface area contributed by atoms with E-state index >= 15 is 0 Å². The lowest BCUT2D eigenvalue weighted by Crippen LogP contribution is -2.29. The maximum absolute atomic E-state index is 13.8. The number of aromatic hydroxyl groups is 1. The van der Waals surface area contributed by atoms with E-state index in [0.717, 1.165) is 39.8 Å². The van der Waals surface area contributed by atoms with Crippen molar-refractivity contribution in [2.75, 3.05) is 11.5 Å². The molecule has 3 aromatic carbocycles. The fourth-order valence-electron chi connectivity index (χ4n) is 3.92. The molecule has 0 atom stereocenters. The zero-order chi connectivity index (χ0) is 24.9. The van der Waals surface area contributed by atoms with Gasteiger partial charge in [-0.05, 0) is 73.0 Å². The lowest BCUT2D eigenvalue weighted by Gasteiger charge is -2.19. The van der Waals surface area contributed by atoms with E-state index in [1.807, 2.05) is 49.4 Å². The van der Waals surface area contributed by atoms with E-state index in [1.54, 1.807) is 23.1 Å². The van der Waals surface area contributed by atoms with Gasteiger partial charge in [0.1, 0.15) is 0 Å². The van der Waals surface area contributed by atoms with Crippen LogP contribution in [0.25, 0.3) is 6.08 Å². The Bertz CT molecular complexity index is 1320. The Morgan fingerprint density at radius 2 is 1.71 bits per heavy atom. The zero-order valence-corrected chi connectivity index (χ0v) is 22.3. The highest BCUT2D eigenvalue weighted by Crippen LogP contribution is 2.42. The topological polar surface area (TPSA) is 62.1 Å². The van der Waals surface area contributed by atoms with Crippen LogP contribution in [0.5, 0.6) is 11.5 Å². The molecule has 1 heterocycles. The van der Waals surface area contributed by atoms with Crippen LogP contribution in [0.3, 0.4) is 0 Å². The van der Waals surface area contributed by atoms with Gasteiger partial charge in [0.15, 0.2) is 16.7 Å². The number of nitrogens with zero attached hydrogens (tertiary/aromatic N) is 2. The minimum Gasteiger partial charge on any atom is -0.504 e. The van der Waals surface area contributed by atoms with E-state index in [-0.39, 0.29) is 11.7 Å². The minimum absolute atomic E-state index is 0.00169. The van der Waals surface area contributed by atoms with Crippen molar-refractivity contribution < 1.29 is 14.6 Å². The number of para-hydroxylation sites is 2. The van der Waals surface area contributed by atoms with E-state index < -0.39 is 0 Å². The molecule has 0 saturated carbocycles. The SMILES string of the molecule is CCOc1cc(Br)cc(/C=C2/SC(=Nc3ccccc3CC)N(c3ccccc3CC)C2=O)c1O. The molecule has 0 spiro atoms. The van der Waals surface area contributed by atoms with Crippen LogP contribution in [-0.2, 0) is 17.6 Å². The first-order valence-corrected chi connectivity index (χ1v) is 13.2. The predicted octanol–water partition coefficient (Wildman–Crippen LogP) is 7.49. The number of aliphatic imine (C=N–C) groups is 1. The van der Waals surface area contributed by atoms with Crippen molar-refractivity contribution in [3.05, 3.63) is 86.7 Å². The first kappa shape index (κ1) is 25.1. The second-order valence-corrected chi connectivity index (χ2v) is 9.81. The number of rotatable bonds is 7. The molecular weight excluding hydrogens is 524 g/mol. The number of thioether (sulfide) groups is 1. The van der Waals surface area contributed by atoms with Gasteiger partial charge >= 0.3 is 0 Å². The molecule has 1 fully saturated rings. The summed E-state index contributed by atoms with van der Waals surface area (Å²) in [6.07, 6.45) is 3.32. The van der Waals surface area contributed by atoms with Crippen molar-refractivity contribution in [3.63, 3.8) is 0 Å². The molecule has 1 amide bonds. The monoisotopic (exact) mass is 550 g/mol. The van der Waals surface area contributed by atoms with Crippen molar-refractivity contribution in [2.45, 2.75) is 33.6 Å². The summed E-state index contributed by atoms with van der Waals surface area (Å²) >= 11 is 4.78. The van der Waals surface area contributed by atoms with Gasteiger partial charge in [0, 0.05) is 10.0 Å². The van der Waals surface area contributed by atoms with E-state index in [9.17, 15) is 9.90 Å². The van der Waals surface area contributed by atoms with Crippen LogP contribution in [0.1, 0.15) is 37.5 Å². The van der Waals surface area contributed by atoms with Gasteiger partial charge in [-0.15, -0.1) is 0 Å². The Kier molecular flexibility index (Phi) is 7.98. The molecule has 1 aliphatic rings. The Balaban J connectivity index is 1.86. The highest BCUT2D eigenvalue weighted by Gasteiger charge is 2.36. The summed E-state index contributed by atoms with van der Waals surface area (Å²) in [4.78, 5) is 20.9. The van der Waals surface area contributed by atoms with Gasteiger partial charge in [-0.2, -0.15) is 0 Å². The number of phenolic OH excluding ortho intramolecular Hbond substituents is 1. The van der Waals surface area contributed by atoms with Gasteiger partial charge in [0.05, 0.1) is 22.9 Å². The van der Waals surface area contributed by atoms with Crippen molar-refractivity contribution in [1.82, 2.24) is 0 Å². The molecule has 4 rings (SSSR count). The molecule has 1 N–H and O–H groups in total. The number of amidine groups is 1. The van der Waals surface area contributed by atoms with Gasteiger partial charge in [-0.25, -0.2) is 4.99 Å². The fraction of sp³-hybridized carbons (Fsp3) is 0.214. The van der Waals surface area contributed by atoms with E-state index in [1.165, 1.54) is 11.8 Å². The van der Waals surface area contributed by atoms with E-state index in [2.05, 4.69) is 35.8 Å². The van der Waals surface area contributed by atoms with Gasteiger partial charge in [-0.3, -0.25) is 9.69 Å². The summed E-state index contributed by atoms with van der Waals surface area (Å²) in [5.41, 5.74) is 4.33. The summed E-state index contributed by atoms with van der Waals surface area (Å²) in [5, 5.41) is 11.4. The normalized spacial score (nSPS) is 15.9. The Morgan fingerprint density at radius 1 is 1.03 bits per heavy atom. The Morgan fingerprint density at radius 3 is 2.43 bits per heavy atom. The molecule has 0 aromatic heterocycles. The summed E-state index contributed by atoms with van der Waals surface area (Å²) in [6.45, 7) is 6.44. The molecule has 7 heteroatoms. The highest BCUT2D eigenvalue weighted by atomic mass is 79.9. The van der Waals surface area contributed by atoms with Crippen LogP contribution in [-0.4, -0.2) is 22.8 Å². The highest BCUT2D eigenvalue weighted by molar-refractivity contribution is 9.10. The fourth-order valence-corrected chi connectivity index (χ4v) is 5.35. The van der Waals surface area contributed by atoms with Crippen molar-refractivity contribution in [1.29, 1.82) is 0 Å². The number of amides is 1. The molecule has 1 saturated heterocycles. The minimum atomic E-state index is -0.180. The standard InChI is InChI=1S/C28H27BrN2O3S/c1-4-18-11-7-9-13-22(18)30-28-31(23-14-10-8-12-19(23)5-2)27(33)25(35-28)16-20-15-21(29)17-24(26(20)32)34-6-3/h7-17,32H,4-6H2,1-3H3/b25-16+,30-28?. The molecule has 5 nitrogen and oxygen atoms in total. The average molecular weight is 552 g/mol. The van der Waals surface area contributed by atoms with Crippen LogP contribution < -0.4 is 9.64 Å². The van der Waals surface area contributed by atoms with Gasteiger partial charge in [0.2, 0.25) is 0 Å². The largest absolute Gasteiger partial charge is 0.504 e. The molecule has 0 bridgehead atoms. The molecule has 0 unspecified atom stereocenters. The second kappa shape index (κ2) is 11.1. The van der Waals surface area contributed by atoms with E-state index in [4.69, 9.17) is 9.73 Å². The summed E-state index contributed by atoms with van der Waals surface area (Å²) < 4.78 is 6.31. The third kappa shape index (κ3) is 5.31. The van der Waals surface area contributed by atoms with Gasteiger partial charge < -0.3 is 9.84 Å². The number of aryl methyl sites for hydroxylation is 2. The van der Waals surface area contributed by atoms with E-state index in [0.29, 0.717) is 28.0 Å². The zero-order valence-electron chi connectivity index (χ0n) is 19.9. The number of hydrogen-bond acceptors (Lipinski definition) is 5. The van der Waals surface area contributed by atoms with Crippen molar-refractivity contribution in [2.24, 2.45) is 4.99 Å². The summed E-state index contributed by atoms with van der Waals surface area (Å²) in [5.74, 6) is 0.183. The molecule has 0 radical (unpaired) electrons. The summed E-state index contributed by atoms with van der Waals surface area (Å²) in [7, 11) is 0. The number of anilines is 1. The molecular formula is C28H27BrN2O3S. The number of carbonyl (C=O) groups excluding carboxylic acids is 1. The number of ether oxygens (including phenoxy) is 1. The molecule has 180 valence electrons. The van der Waals surface area contributed by atoms with Crippen molar-refractivity contribution in [3.8, 4) is 11.5 Å². The second-order valence-electron chi connectivity index (χ2n) is 7.88. The molecule has 0 aliphatic carbocycles. The van der Waals surface area contributed by atoms with Crippen molar-refractivity contribution >= 4 is 56.2 Å². The third-order valence-corrected chi connectivity index (χ3v) is 7.09. The maximum Gasteiger partial charge on any atom is 0.271 e. The van der Waals surface area contributed by atoms with Crippen LogP contribution in [0.2, 0.25) is 0 Å². The van der Waals surface area contributed by atoms with Crippen LogP contribution in [0, 0.1) is 0 Å². The van der Waals surface area contributed by atoms with Gasteiger partial charge in [0.25, 0.3) is 5.91 Å². The average Bonchev–Trinajstić information content (AvgIpc) is 3.16. The Hall–Kier alpha value is -3.03. The predicted molar refractivity (Wildman–Crippen MR) is 149 cm³/mol. The number of phenols is 1. The number of benzene rings is 3. The quantitative estimate of drug-likeness (QED) is 0.309. The number of hydrogen-bond donors (Lipinski definition) is 1. The van der Waals surface area contributed by atoms with Gasteiger partial charge in [-0.1, -0.05) is 66.2 Å².